The summed E-state index contributed by atoms with van der Waals surface area (Å²) in [5.41, 5.74) is 4.32. The van der Waals surface area contributed by atoms with Gasteiger partial charge in [0.2, 0.25) is 0 Å². The maximum atomic E-state index is 13.3. The number of benzene rings is 1. The van der Waals surface area contributed by atoms with E-state index >= 15 is 0 Å². The van der Waals surface area contributed by atoms with E-state index in [1.807, 2.05) is 0 Å². The summed E-state index contributed by atoms with van der Waals surface area (Å²) in [7, 11) is 0. The number of hydrogen-bond donors (Lipinski definition) is 1. The van der Waals surface area contributed by atoms with E-state index in [9.17, 15) is 9.90 Å². The first-order valence-electron chi connectivity index (χ1n) is 11.6. The van der Waals surface area contributed by atoms with Crippen LogP contribution in [0.4, 0.5) is 0 Å². The maximum Gasteiger partial charge on any atom is 0.185 e. The first-order chi connectivity index (χ1) is 13.7. The van der Waals surface area contributed by atoms with Crippen molar-refractivity contribution in [2.24, 2.45) is 16.7 Å². The van der Waals surface area contributed by atoms with Gasteiger partial charge >= 0.3 is 0 Å². The van der Waals surface area contributed by atoms with E-state index in [1.54, 1.807) is 0 Å². The van der Waals surface area contributed by atoms with Gasteiger partial charge in [-0.15, -0.1) is 0 Å². The molecule has 172 valence electrons. The van der Waals surface area contributed by atoms with Crippen LogP contribution in [0.25, 0.3) is 0 Å². The molecule has 1 aliphatic carbocycles. The first kappa shape index (κ1) is 25.4. The Morgan fingerprint density at radius 1 is 0.677 bits per heavy atom. The molecule has 0 radical (unpaired) electrons. The van der Waals surface area contributed by atoms with E-state index in [-0.39, 0.29) is 33.4 Å². The molecule has 0 aliphatic heterocycles. The number of carbonyl (C=O) groups is 1. The van der Waals surface area contributed by atoms with Crippen LogP contribution in [0, 0.1) is 16.7 Å². The predicted octanol–water partition coefficient (Wildman–Crippen LogP) is 7.67. The number of phenolic OH excluding ortho intramolecular Hbond substituents is 1. The van der Waals surface area contributed by atoms with Crippen LogP contribution in [0.3, 0.4) is 0 Å². The van der Waals surface area contributed by atoms with Gasteiger partial charge in [-0.25, -0.2) is 0 Å². The molecule has 0 aromatic heterocycles. The molecule has 0 spiro atoms. The fourth-order valence-electron chi connectivity index (χ4n) is 4.30. The van der Waals surface area contributed by atoms with E-state index < -0.39 is 0 Å². The molecular formula is C29H44O2. The SMILES string of the molecule is CC(C)(C)C1=CC(Cc2cc(C(C)(C)C)c(O)c(C(C)(C)C)c2)C=C(C(C)(C)C)C1=O. The maximum absolute atomic E-state index is 13.3. The van der Waals surface area contributed by atoms with Crippen LogP contribution in [0.15, 0.2) is 35.4 Å². The van der Waals surface area contributed by atoms with Gasteiger partial charge in [0.15, 0.2) is 5.78 Å². The predicted molar refractivity (Wildman–Crippen MR) is 133 cm³/mol. The Balaban J connectivity index is 2.63. The third-order valence-corrected chi connectivity index (χ3v) is 6.12. The summed E-state index contributed by atoms with van der Waals surface area (Å²) in [6.45, 7) is 25.6. The first-order valence-corrected chi connectivity index (χ1v) is 11.6. The van der Waals surface area contributed by atoms with E-state index in [4.69, 9.17) is 0 Å². The minimum absolute atomic E-state index is 0.151. The van der Waals surface area contributed by atoms with Crippen LogP contribution in [-0.4, -0.2) is 10.9 Å². The van der Waals surface area contributed by atoms with Gasteiger partial charge < -0.3 is 5.11 Å². The van der Waals surface area contributed by atoms with Crippen LogP contribution >= 0.6 is 0 Å². The van der Waals surface area contributed by atoms with Crippen molar-refractivity contribution in [2.75, 3.05) is 0 Å². The molecule has 1 aromatic rings. The number of phenols is 1. The van der Waals surface area contributed by atoms with Crippen molar-refractivity contribution in [1.29, 1.82) is 0 Å². The lowest BCUT2D eigenvalue weighted by atomic mass is 9.70. The fraction of sp³-hybridized carbons (Fsp3) is 0.621. The molecule has 31 heavy (non-hydrogen) atoms. The van der Waals surface area contributed by atoms with Crippen molar-refractivity contribution in [2.45, 2.75) is 100 Å². The van der Waals surface area contributed by atoms with Crippen LogP contribution in [0.2, 0.25) is 0 Å². The monoisotopic (exact) mass is 424 g/mol. The Hall–Kier alpha value is -1.83. The topological polar surface area (TPSA) is 37.3 Å². The number of aromatic hydroxyl groups is 1. The van der Waals surface area contributed by atoms with Gasteiger partial charge in [0.1, 0.15) is 5.75 Å². The smallest absolute Gasteiger partial charge is 0.185 e. The third kappa shape index (κ3) is 5.70. The van der Waals surface area contributed by atoms with Gasteiger partial charge in [0.25, 0.3) is 0 Å². The second-order valence-electron chi connectivity index (χ2n) is 13.4. The lowest BCUT2D eigenvalue weighted by molar-refractivity contribution is -0.114. The lowest BCUT2D eigenvalue weighted by Gasteiger charge is -2.33. The van der Waals surface area contributed by atoms with Gasteiger partial charge in [-0.2, -0.15) is 0 Å². The zero-order valence-corrected chi connectivity index (χ0v) is 21.9. The molecule has 1 aliphatic rings. The van der Waals surface area contributed by atoms with Crippen molar-refractivity contribution >= 4 is 5.78 Å². The summed E-state index contributed by atoms with van der Waals surface area (Å²) >= 11 is 0. The molecule has 0 saturated heterocycles. The van der Waals surface area contributed by atoms with Crippen LogP contribution in [-0.2, 0) is 22.0 Å². The Morgan fingerprint density at radius 3 is 1.32 bits per heavy atom. The lowest BCUT2D eigenvalue weighted by Crippen LogP contribution is -2.30. The molecule has 2 heteroatoms. The van der Waals surface area contributed by atoms with E-state index in [2.05, 4.69) is 107 Å². The fourth-order valence-corrected chi connectivity index (χ4v) is 4.30. The molecule has 0 heterocycles. The quantitative estimate of drug-likeness (QED) is 0.529. The van der Waals surface area contributed by atoms with Crippen molar-refractivity contribution in [3.63, 3.8) is 0 Å². The summed E-state index contributed by atoms with van der Waals surface area (Å²) in [6, 6.07) is 4.33. The standard InChI is InChI=1S/C29H44O2/c1-26(2,3)20-14-18(15-21(24(20)30)27(4,5)6)13-19-16-22(28(7,8)9)25(31)23(17-19)29(10,11)12/h14-18,31H,13H2,1-12H3. The van der Waals surface area contributed by atoms with Crippen molar-refractivity contribution in [3.8, 4) is 5.75 Å². The van der Waals surface area contributed by atoms with E-state index in [0.717, 1.165) is 28.7 Å². The highest BCUT2D eigenvalue weighted by atomic mass is 16.3. The van der Waals surface area contributed by atoms with Crippen molar-refractivity contribution in [1.82, 2.24) is 0 Å². The third-order valence-electron chi connectivity index (χ3n) is 6.12. The normalized spacial score (nSPS) is 17.0. The molecule has 2 rings (SSSR count). The van der Waals surface area contributed by atoms with Gasteiger partial charge in [-0.05, 0) is 44.8 Å². The Kier molecular flexibility index (Phi) is 6.52. The average molecular weight is 425 g/mol. The summed E-state index contributed by atoms with van der Waals surface area (Å²) in [4.78, 5) is 13.3. The molecule has 0 fully saturated rings. The molecule has 0 amide bonds. The summed E-state index contributed by atoms with van der Waals surface area (Å²) in [6.07, 6.45) is 5.18. The molecule has 0 bridgehead atoms. The molecular weight excluding hydrogens is 380 g/mol. The second-order valence-corrected chi connectivity index (χ2v) is 13.4. The number of carbonyl (C=O) groups excluding carboxylic acids is 1. The van der Waals surface area contributed by atoms with Crippen molar-refractivity contribution < 1.29 is 9.90 Å². The second kappa shape index (κ2) is 7.94. The van der Waals surface area contributed by atoms with Crippen molar-refractivity contribution in [3.05, 3.63) is 52.1 Å². The minimum Gasteiger partial charge on any atom is -0.507 e. The molecule has 1 aromatic carbocycles. The summed E-state index contributed by atoms with van der Waals surface area (Å²) < 4.78 is 0. The highest BCUT2D eigenvalue weighted by Crippen LogP contribution is 2.42. The van der Waals surface area contributed by atoms with Gasteiger partial charge in [-0.3, -0.25) is 4.79 Å². The van der Waals surface area contributed by atoms with Gasteiger partial charge in [0.05, 0.1) is 0 Å². The molecule has 0 atom stereocenters. The number of rotatable bonds is 2. The largest absolute Gasteiger partial charge is 0.507 e. The number of Topliss-reactive ketones (excluding diaryl/α,β-unsaturated/α-hetero) is 1. The van der Waals surface area contributed by atoms with Crippen LogP contribution < -0.4 is 0 Å². The van der Waals surface area contributed by atoms with E-state index in [1.165, 1.54) is 5.56 Å². The highest BCUT2D eigenvalue weighted by molar-refractivity contribution is 6.10. The molecule has 1 N–H and O–H groups in total. The number of ketones is 1. The molecule has 2 nitrogen and oxygen atoms in total. The molecule has 0 saturated carbocycles. The van der Waals surface area contributed by atoms with Crippen LogP contribution in [0.1, 0.15) is 99.8 Å². The van der Waals surface area contributed by atoms with Crippen LogP contribution in [0.5, 0.6) is 5.75 Å². The minimum atomic E-state index is -0.192. The molecule has 0 unspecified atom stereocenters. The highest BCUT2D eigenvalue weighted by Gasteiger charge is 2.35. The summed E-state index contributed by atoms with van der Waals surface area (Å²) in [5, 5.41) is 11.1. The van der Waals surface area contributed by atoms with Gasteiger partial charge in [-0.1, -0.05) is 107 Å². The number of allylic oxidation sites excluding steroid dienone is 4. The van der Waals surface area contributed by atoms with Gasteiger partial charge in [0, 0.05) is 17.1 Å². The average Bonchev–Trinajstić information content (AvgIpc) is 2.53. The Labute approximate surface area is 190 Å². The Morgan fingerprint density at radius 2 is 1.03 bits per heavy atom. The zero-order chi connectivity index (χ0) is 24.2. The summed E-state index contributed by atoms with van der Waals surface area (Å²) in [5.74, 6) is 0.762. The van der Waals surface area contributed by atoms with E-state index in [0.29, 0.717) is 5.75 Å². The number of hydrogen-bond acceptors (Lipinski definition) is 2. The Bertz CT molecular complexity index is 844. The zero-order valence-electron chi connectivity index (χ0n) is 21.9.